The van der Waals surface area contributed by atoms with Gasteiger partial charge < -0.3 is 0 Å². The number of rotatable bonds is 1. The quantitative estimate of drug-likeness (QED) is 0.630. The van der Waals surface area contributed by atoms with Crippen LogP contribution in [0.4, 0.5) is 0 Å². The lowest BCUT2D eigenvalue weighted by atomic mass is 10.3. The highest BCUT2D eigenvalue weighted by Crippen LogP contribution is 2.00. The number of hydrogen-bond acceptors (Lipinski definition) is 1. The zero-order valence-electron chi connectivity index (χ0n) is 8.89. The van der Waals surface area contributed by atoms with Crippen molar-refractivity contribution in [1.82, 2.24) is 9.78 Å². The first-order valence-electron chi connectivity index (χ1n) is 4.65. The molecule has 2 heteroatoms. The van der Waals surface area contributed by atoms with Crippen LogP contribution in [-0.4, -0.2) is 9.78 Å². The molecule has 0 aliphatic heterocycles. The van der Waals surface area contributed by atoms with Crippen LogP contribution in [0.25, 0.3) is 0 Å². The van der Waals surface area contributed by atoms with Crippen LogP contribution in [0.1, 0.15) is 38.6 Å². The average Bonchev–Trinajstić information content (AvgIpc) is 2.31. The third-order valence-electron chi connectivity index (χ3n) is 1.46. The second kappa shape index (κ2) is 5.81. The lowest BCUT2D eigenvalue weighted by Crippen LogP contribution is -1.95. The number of aryl methyl sites for hydroxylation is 3. The highest BCUT2D eigenvalue weighted by molar-refractivity contribution is 5.07. The minimum Gasteiger partial charge on any atom is -0.272 e. The summed E-state index contributed by atoms with van der Waals surface area (Å²) >= 11 is 0. The Morgan fingerprint density at radius 2 is 1.83 bits per heavy atom. The van der Waals surface area contributed by atoms with E-state index in [1.165, 1.54) is 12.1 Å². The van der Waals surface area contributed by atoms with Crippen LogP contribution in [0, 0.1) is 6.92 Å². The highest BCUT2D eigenvalue weighted by Gasteiger charge is 1.96. The van der Waals surface area contributed by atoms with Crippen molar-refractivity contribution in [2.75, 3.05) is 0 Å². The molecule has 12 heavy (non-hydrogen) atoms. The first kappa shape index (κ1) is 11.2. The third kappa shape index (κ3) is 3.56. The summed E-state index contributed by atoms with van der Waals surface area (Å²) in [5.74, 6) is 0. The van der Waals surface area contributed by atoms with Crippen molar-refractivity contribution < 1.29 is 0 Å². The Labute approximate surface area is 75.6 Å². The maximum Gasteiger partial charge on any atom is 0.0596 e. The lowest BCUT2D eigenvalue weighted by molar-refractivity contribution is 0.711. The van der Waals surface area contributed by atoms with Crippen LogP contribution in [0.15, 0.2) is 6.07 Å². The van der Waals surface area contributed by atoms with Gasteiger partial charge in [0.25, 0.3) is 0 Å². The van der Waals surface area contributed by atoms with Gasteiger partial charge in [0.1, 0.15) is 0 Å². The Morgan fingerprint density at radius 1 is 1.33 bits per heavy atom. The van der Waals surface area contributed by atoms with Gasteiger partial charge in [0.05, 0.1) is 5.69 Å². The van der Waals surface area contributed by atoms with Crippen molar-refractivity contribution in [2.45, 2.75) is 40.5 Å². The molecule has 1 aromatic rings. The SMILES string of the molecule is CCC.CCc1cc(C)nn1C. The van der Waals surface area contributed by atoms with Crippen LogP contribution in [-0.2, 0) is 13.5 Å². The molecule has 0 bridgehead atoms. The molecule has 0 saturated carbocycles. The van der Waals surface area contributed by atoms with Crippen LogP contribution < -0.4 is 0 Å². The van der Waals surface area contributed by atoms with Crippen LogP contribution >= 0.6 is 0 Å². The minimum atomic E-state index is 1.07. The lowest BCUT2D eigenvalue weighted by Gasteiger charge is -1.92. The number of nitrogens with zero attached hydrogens (tertiary/aromatic N) is 2. The van der Waals surface area contributed by atoms with Gasteiger partial charge in [-0.3, -0.25) is 4.68 Å². The molecule has 0 unspecified atom stereocenters. The summed E-state index contributed by atoms with van der Waals surface area (Å²) in [5, 5.41) is 4.20. The molecular weight excluding hydrogens is 148 g/mol. The third-order valence-corrected chi connectivity index (χ3v) is 1.46. The molecule has 0 aliphatic rings. The number of aromatic nitrogens is 2. The summed E-state index contributed by atoms with van der Waals surface area (Å²) in [5.41, 5.74) is 2.40. The standard InChI is InChI=1S/C7H12N2.C3H8/c1-4-7-5-6(2)8-9(7)3;1-3-2/h5H,4H2,1-3H3;3H2,1-2H3. The highest BCUT2D eigenvalue weighted by atomic mass is 15.3. The fraction of sp³-hybridized carbons (Fsp3) is 0.700. The zero-order chi connectivity index (χ0) is 9.56. The summed E-state index contributed by atoms with van der Waals surface area (Å²) in [6.07, 6.45) is 2.32. The molecule has 1 aromatic heterocycles. The molecule has 1 heterocycles. The monoisotopic (exact) mass is 168 g/mol. The molecule has 70 valence electrons. The molecule has 0 fully saturated rings. The van der Waals surface area contributed by atoms with E-state index in [0.29, 0.717) is 0 Å². The molecule has 0 spiro atoms. The van der Waals surface area contributed by atoms with Crippen molar-refractivity contribution in [2.24, 2.45) is 7.05 Å². The van der Waals surface area contributed by atoms with E-state index >= 15 is 0 Å². The molecule has 0 radical (unpaired) electrons. The second-order valence-corrected chi connectivity index (χ2v) is 2.96. The largest absolute Gasteiger partial charge is 0.272 e. The normalized spacial score (nSPS) is 9.08. The predicted molar refractivity (Wildman–Crippen MR) is 53.3 cm³/mol. The first-order chi connectivity index (χ1) is 5.65. The summed E-state index contributed by atoms with van der Waals surface area (Å²) < 4.78 is 1.93. The Kier molecular flexibility index (Phi) is 5.43. The van der Waals surface area contributed by atoms with E-state index in [0.717, 1.165) is 12.1 Å². The smallest absolute Gasteiger partial charge is 0.0596 e. The zero-order valence-corrected chi connectivity index (χ0v) is 8.89. The average molecular weight is 168 g/mol. The molecule has 0 N–H and O–H groups in total. The summed E-state index contributed by atoms with van der Waals surface area (Å²) in [7, 11) is 1.98. The van der Waals surface area contributed by atoms with Gasteiger partial charge in [-0.05, 0) is 19.4 Å². The molecule has 0 aliphatic carbocycles. The van der Waals surface area contributed by atoms with Gasteiger partial charge in [-0.2, -0.15) is 5.10 Å². The van der Waals surface area contributed by atoms with E-state index in [1.54, 1.807) is 0 Å². The van der Waals surface area contributed by atoms with E-state index < -0.39 is 0 Å². The van der Waals surface area contributed by atoms with Gasteiger partial charge in [-0.15, -0.1) is 0 Å². The Morgan fingerprint density at radius 3 is 2.00 bits per heavy atom. The fourth-order valence-corrected chi connectivity index (χ4v) is 0.995. The van der Waals surface area contributed by atoms with E-state index in [2.05, 4.69) is 31.9 Å². The minimum absolute atomic E-state index is 1.07. The maximum absolute atomic E-state index is 4.20. The van der Waals surface area contributed by atoms with Gasteiger partial charge >= 0.3 is 0 Å². The van der Waals surface area contributed by atoms with Crippen molar-refractivity contribution in [3.63, 3.8) is 0 Å². The summed E-state index contributed by atoms with van der Waals surface area (Å²) in [6.45, 7) is 8.40. The Hall–Kier alpha value is -0.790. The van der Waals surface area contributed by atoms with Crippen molar-refractivity contribution in [1.29, 1.82) is 0 Å². The number of hydrogen-bond donors (Lipinski definition) is 0. The molecule has 2 nitrogen and oxygen atoms in total. The van der Waals surface area contributed by atoms with Gasteiger partial charge in [-0.1, -0.05) is 27.2 Å². The summed E-state index contributed by atoms with van der Waals surface area (Å²) in [4.78, 5) is 0. The molecule has 0 aromatic carbocycles. The van der Waals surface area contributed by atoms with Crippen molar-refractivity contribution >= 4 is 0 Å². The summed E-state index contributed by atoms with van der Waals surface area (Å²) in [6, 6.07) is 2.11. The first-order valence-corrected chi connectivity index (χ1v) is 4.65. The van der Waals surface area contributed by atoms with Crippen molar-refractivity contribution in [3.8, 4) is 0 Å². The Bertz CT molecular complexity index is 214. The molecule has 0 amide bonds. The van der Waals surface area contributed by atoms with E-state index in [9.17, 15) is 0 Å². The van der Waals surface area contributed by atoms with E-state index in [4.69, 9.17) is 0 Å². The van der Waals surface area contributed by atoms with Crippen molar-refractivity contribution in [3.05, 3.63) is 17.5 Å². The van der Waals surface area contributed by atoms with E-state index in [-0.39, 0.29) is 0 Å². The van der Waals surface area contributed by atoms with Crippen LogP contribution in [0.5, 0.6) is 0 Å². The Balaban J connectivity index is 0.000000354. The predicted octanol–water partition coefficient (Wildman–Crippen LogP) is 2.71. The van der Waals surface area contributed by atoms with E-state index in [1.807, 2.05) is 18.7 Å². The van der Waals surface area contributed by atoms with Gasteiger partial charge in [-0.25, -0.2) is 0 Å². The van der Waals surface area contributed by atoms with Crippen LogP contribution in [0.2, 0.25) is 0 Å². The molecule has 0 saturated heterocycles. The fourth-order valence-electron chi connectivity index (χ4n) is 0.995. The van der Waals surface area contributed by atoms with Gasteiger partial charge in [0.15, 0.2) is 0 Å². The molecular formula is C10H20N2. The topological polar surface area (TPSA) is 17.8 Å². The van der Waals surface area contributed by atoms with Gasteiger partial charge in [0, 0.05) is 12.7 Å². The van der Waals surface area contributed by atoms with Gasteiger partial charge in [0.2, 0.25) is 0 Å². The maximum atomic E-state index is 4.20. The molecule has 0 atom stereocenters. The second-order valence-electron chi connectivity index (χ2n) is 2.96. The van der Waals surface area contributed by atoms with Crippen LogP contribution in [0.3, 0.4) is 0 Å². The molecule has 1 rings (SSSR count).